The molecule has 0 spiro atoms. The molecule has 0 saturated carbocycles. The largest absolute Gasteiger partial charge is 0.325 e. The molecule has 1 aromatic carbocycles. The van der Waals surface area contributed by atoms with E-state index in [0.717, 1.165) is 25.9 Å². The molecule has 0 bridgehead atoms. The number of carbonyl (C=O) groups is 2. The van der Waals surface area contributed by atoms with E-state index >= 15 is 0 Å². The van der Waals surface area contributed by atoms with Crippen molar-refractivity contribution >= 4 is 17.5 Å². The van der Waals surface area contributed by atoms with Gasteiger partial charge in [-0.2, -0.15) is 0 Å². The van der Waals surface area contributed by atoms with Crippen LogP contribution in [0.15, 0.2) is 24.3 Å². The normalized spacial score (nSPS) is 14.8. The lowest BCUT2D eigenvalue weighted by molar-refractivity contribution is 0.101. The highest BCUT2D eigenvalue weighted by Gasteiger charge is 2.19. The van der Waals surface area contributed by atoms with Crippen LogP contribution >= 0.6 is 0 Å². The average molecular weight is 232 g/mol. The summed E-state index contributed by atoms with van der Waals surface area (Å²) in [6, 6.07) is 6.97. The second kappa shape index (κ2) is 4.99. The van der Waals surface area contributed by atoms with Crippen LogP contribution in [0.1, 0.15) is 30.1 Å². The van der Waals surface area contributed by atoms with Gasteiger partial charge in [0.1, 0.15) is 0 Å². The molecule has 0 aromatic heterocycles. The standard InChI is InChI=1S/C13H16N2O2/c1-10(16)11-6-2-3-7-12(11)14-13(17)15-8-4-5-9-15/h2-3,6-7H,4-5,8-9H2,1H3,(H,14,17). The predicted molar refractivity (Wildman–Crippen MR) is 66.3 cm³/mol. The number of rotatable bonds is 2. The first kappa shape index (κ1) is 11.6. The number of carbonyl (C=O) groups excluding carboxylic acids is 2. The molecule has 1 aliphatic heterocycles. The molecule has 1 saturated heterocycles. The second-order valence-corrected chi connectivity index (χ2v) is 4.23. The van der Waals surface area contributed by atoms with E-state index < -0.39 is 0 Å². The number of benzene rings is 1. The number of nitrogens with one attached hydrogen (secondary N) is 1. The Morgan fingerprint density at radius 3 is 2.47 bits per heavy atom. The van der Waals surface area contributed by atoms with E-state index in [1.807, 2.05) is 6.07 Å². The Kier molecular flexibility index (Phi) is 3.42. The molecule has 1 heterocycles. The third-order valence-electron chi connectivity index (χ3n) is 2.94. The SMILES string of the molecule is CC(=O)c1ccccc1NC(=O)N1CCCC1. The first-order chi connectivity index (χ1) is 8.18. The lowest BCUT2D eigenvalue weighted by Gasteiger charge is -2.17. The van der Waals surface area contributed by atoms with Crippen LogP contribution in [-0.4, -0.2) is 29.8 Å². The lowest BCUT2D eigenvalue weighted by Crippen LogP contribution is -2.32. The van der Waals surface area contributed by atoms with Gasteiger partial charge in [0.25, 0.3) is 0 Å². The number of hydrogen-bond donors (Lipinski definition) is 1. The number of ketones is 1. The fourth-order valence-electron chi connectivity index (χ4n) is 2.01. The van der Waals surface area contributed by atoms with Crippen molar-refractivity contribution < 1.29 is 9.59 Å². The van der Waals surface area contributed by atoms with Gasteiger partial charge in [0.2, 0.25) is 0 Å². The summed E-state index contributed by atoms with van der Waals surface area (Å²) in [5.41, 5.74) is 1.15. The van der Waals surface area contributed by atoms with Gasteiger partial charge in [0.05, 0.1) is 5.69 Å². The van der Waals surface area contributed by atoms with Crippen LogP contribution in [0.3, 0.4) is 0 Å². The average Bonchev–Trinajstić information content (AvgIpc) is 2.83. The van der Waals surface area contributed by atoms with Crippen molar-refractivity contribution in [2.45, 2.75) is 19.8 Å². The van der Waals surface area contributed by atoms with Crippen molar-refractivity contribution in [3.05, 3.63) is 29.8 Å². The maximum atomic E-state index is 11.9. The zero-order valence-electron chi connectivity index (χ0n) is 9.90. The fraction of sp³-hybridized carbons (Fsp3) is 0.385. The van der Waals surface area contributed by atoms with Gasteiger partial charge in [-0.1, -0.05) is 12.1 Å². The van der Waals surface area contributed by atoms with E-state index in [0.29, 0.717) is 11.3 Å². The van der Waals surface area contributed by atoms with E-state index in [9.17, 15) is 9.59 Å². The van der Waals surface area contributed by atoms with Gasteiger partial charge in [-0.05, 0) is 31.9 Å². The molecule has 1 aliphatic rings. The Morgan fingerprint density at radius 1 is 1.18 bits per heavy atom. The molecule has 4 heteroatoms. The third kappa shape index (κ3) is 2.64. The minimum atomic E-state index is -0.115. The predicted octanol–water partition coefficient (Wildman–Crippen LogP) is 2.52. The van der Waals surface area contributed by atoms with E-state index in [-0.39, 0.29) is 11.8 Å². The minimum absolute atomic E-state index is 0.0395. The van der Waals surface area contributed by atoms with Gasteiger partial charge in [0.15, 0.2) is 5.78 Å². The van der Waals surface area contributed by atoms with E-state index in [1.165, 1.54) is 6.92 Å². The molecule has 0 aliphatic carbocycles. The quantitative estimate of drug-likeness (QED) is 0.796. The summed E-state index contributed by atoms with van der Waals surface area (Å²) < 4.78 is 0. The van der Waals surface area contributed by atoms with Crippen LogP contribution < -0.4 is 5.32 Å². The molecule has 1 aromatic rings. The molecule has 1 fully saturated rings. The number of Topliss-reactive ketones (excluding diaryl/α,β-unsaturated/α-hetero) is 1. The number of amides is 2. The highest BCUT2D eigenvalue weighted by Crippen LogP contribution is 2.17. The van der Waals surface area contributed by atoms with Gasteiger partial charge in [-0.3, -0.25) is 4.79 Å². The monoisotopic (exact) mass is 232 g/mol. The molecular weight excluding hydrogens is 216 g/mol. The van der Waals surface area contributed by atoms with Crippen molar-refractivity contribution in [1.29, 1.82) is 0 Å². The van der Waals surface area contributed by atoms with E-state index in [4.69, 9.17) is 0 Å². The maximum Gasteiger partial charge on any atom is 0.321 e. The zero-order chi connectivity index (χ0) is 12.3. The number of urea groups is 1. The number of hydrogen-bond acceptors (Lipinski definition) is 2. The second-order valence-electron chi connectivity index (χ2n) is 4.23. The Bertz CT molecular complexity index is 437. The van der Waals surface area contributed by atoms with Crippen LogP contribution in [0.2, 0.25) is 0 Å². The smallest absolute Gasteiger partial charge is 0.321 e. The summed E-state index contributed by atoms with van der Waals surface area (Å²) in [6.07, 6.45) is 2.11. The molecule has 0 atom stereocenters. The van der Waals surface area contributed by atoms with Gasteiger partial charge < -0.3 is 10.2 Å². The van der Waals surface area contributed by atoms with Gasteiger partial charge in [-0.15, -0.1) is 0 Å². The molecule has 0 unspecified atom stereocenters. The van der Waals surface area contributed by atoms with Crippen molar-refractivity contribution in [2.75, 3.05) is 18.4 Å². The van der Waals surface area contributed by atoms with Crippen LogP contribution in [0, 0.1) is 0 Å². The highest BCUT2D eigenvalue weighted by molar-refractivity contribution is 6.03. The van der Waals surface area contributed by atoms with Gasteiger partial charge in [0, 0.05) is 18.7 Å². The molecular formula is C13H16N2O2. The summed E-state index contributed by atoms with van der Waals surface area (Å²) >= 11 is 0. The van der Waals surface area contributed by atoms with Crippen LogP contribution in [0.4, 0.5) is 10.5 Å². The molecule has 0 radical (unpaired) electrons. The number of nitrogens with zero attached hydrogens (tertiary/aromatic N) is 1. The topological polar surface area (TPSA) is 49.4 Å². The maximum absolute atomic E-state index is 11.9. The van der Waals surface area contributed by atoms with Crippen LogP contribution in [-0.2, 0) is 0 Å². The minimum Gasteiger partial charge on any atom is -0.325 e. The Labute approximate surface area is 101 Å². The number of anilines is 1. The van der Waals surface area contributed by atoms with E-state index in [1.54, 1.807) is 23.1 Å². The first-order valence-electron chi connectivity index (χ1n) is 5.84. The van der Waals surface area contributed by atoms with Crippen molar-refractivity contribution in [1.82, 2.24) is 4.90 Å². The molecule has 4 nitrogen and oxygen atoms in total. The van der Waals surface area contributed by atoms with Crippen molar-refractivity contribution in [3.63, 3.8) is 0 Å². The first-order valence-corrected chi connectivity index (χ1v) is 5.84. The fourth-order valence-corrected chi connectivity index (χ4v) is 2.01. The molecule has 1 N–H and O–H groups in total. The lowest BCUT2D eigenvalue weighted by atomic mass is 10.1. The molecule has 17 heavy (non-hydrogen) atoms. The summed E-state index contributed by atoms with van der Waals surface area (Å²) in [7, 11) is 0. The summed E-state index contributed by atoms with van der Waals surface area (Å²) in [4.78, 5) is 25.1. The Morgan fingerprint density at radius 2 is 1.82 bits per heavy atom. The van der Waals surface area contributed by atoms with Gasteiger partial charge in [-0.25, -0.2) is 4.79 Å². The Balaban J connectivity index is 2.12. The highest BCUT2D eigenvalue weighted by atomic mass is 16.2. The van der Waals surface area contributed by atoms with Gasteiger partial charge >= 0.3 is 6.03 Å². The van der Waals surface area contributed by atoms with E-state index in [2.05, 4.69) is 5.32 Å². The Hall–Kier alpha value is -1.84. The van der Waals surface area contributed by atoms with Crippen molar-refractivity contribution in [3.8, 4) is 0 Å². The zero-order valence-corrected chi connectivity index (χ0v) is 9.90. The summed E-state index contributed by atoms with van der Waals surface area (Å²) in [6.45, 7) is 3.10. The summed E-state index contributed by atoms with van der Waals surface area (Å²) in [5.74, 6) is -0.0395. The third-order valence-corrected chi connectivity index (χ3v) is 2.94. The number of para-hydroxylation sites is 1. The molecule has 2 rings (SSSR count). The van der Waals surface area contributed by atoms with Crippen LogP contribution in [0.5, 0.6) is 0 Å². The number of likely N-dealkylation sites (tertiary alicyclic amines) is 1. The summed E-state index contributed by atoms with van der Waals surface area (Å²) in [5, 5.41) is 2.80. The van der Waals surface area contributed by atoms with Crippen LogP contribution in [0.25, 0.3) is 0 Å². The molecule has 2 amide bonds. The molecule has 90 valence electrons. The van der Waals surface area contributed by atoms with Crippen molar-refractivity contribution in [2.24, 2.45) is 0 Å².